The van der Waals surface area contributed by atoms with Gasteiger partial charge < -0.3 is 15.0 Å². The minimum absolute atomic E-state index is 0.444. The van der Waals surface area contributed by atoms with Gasteiger partial charge in [0.25, 0.3) is 0 Å². The van der Waals surface area contributed by atoms with Crippen LogP contribution in [0.15, 0.2) is 6.07 Å². The second-order valence-electron chi connectivity index (χ2n) is 4.53. The van der Waals surface area contributed by atoms with E-state index in [0.29, 0.717) is 6.61 Å². The smallest absolute Gasteiger partial charge is 0.158 e. The van der Waals surface area contributed by atoms with Gasteiger partial charge in [-0.15, -0.1) is 0 Å². The molecule has 0 amide bonds. The van der Waals surface area contributed by atoms with Crippen LogP contribution in [0.25, 0.3) is 0 Å². The third-order valence-electron chi connectivity index (χ3n) is 2.91. The molecule has 1 aliphatic carbocycles. The first-order valence-corrected chi connectivity index (χ1v) is 5.98. The molecule has 5 heteroatoms. The Morgan fingerprint density at radius 1 is 1.47 bits per heavy atom. The summed E-state index contributed by atoms with van der Waals surface area (Å²) in [7, 11) is 5.60. The summed E-state index contributed by atoms with van der Waals surface area (Å²) in [6, 6.07) is 1.97. The topological polar surface area (TPSA) is 50.3 Å². The quantitative estimate of drug-likeness (QED) is 0.811. The Kier molecular flexibility index (Phi) is 3.78. The summed E-state index contributed by atoms with van der Waals surface area (Å²) >= 11 is 0. The molecule has 1 N–H and O–H groups in total. The monoisotopic (exact) mass is 236 g/mol. The summed E-state index contributed by atoms with van der Waals surface area (Å²) in [4.78, 5) is 11.0. The van der Waals surface area contributed by atoms with Crippen LogP contribution in [-0.4, -0.2) is 37.7 Å². The number of nitrogens with one attached hydrogen (secondary N) is 1. The molecule has 0 bridgehead atoms. The van der Waals surface area contributed by atoms with Gasteiger partial charge in [0, 0.05) is 33.8 Å². The van der Waals surface area contributed by atoms with Crippen LogP contribution >= 0.6 is 0 Å². The highest BCUT2D eigenvalue weighted by Gasteiger charge is 2.23. The third-order valence-corrected chi connectivity index (χ3v) is 2.91. The highest BCUT2D eigenvalue weighted by atomic mass is 16.5. The van der Waals surface area contributed by atoms with Gasteiger partial charge in [0.05, 0.1) is 0 Å². The van der Waals surface area contributed by atoms with Gasteiger partial charge in [0.15, 0.2) is 5.82 Å². The van der Waals surface area contributed by atoms with E-state index < -0.39 is 0 Å². The number of ether oxygens (including phenoxy) is 1. The second-order valence-corrected chi connectivity index (χ2v) is 4.53. The number of anilines is 2. The van der Waals surface area contributed by atoms with Gasteiger partial charge in [-0.2, -0.15) is 0 Å². The second kappa shape index (κ2) is 5.31. The zero-order valence-electron chi connectivity index (χ0n) is 10.7. The molecule has 0 radical (unpaired) electrons. The Bertz CT molecular complexity index is 379. The fourth-order valence-electron chi connectivity index (χ4n) is 1.78. The molecule has 0 aromatic carbocycles. The maximum atomic E-state index is 5.08. The predicted molar refractivity (Wildman–Crippen MR) is 68.3 cm³/mol. The molecule has 0 aliphatic heterocycles. The SMILES string of the molecule is CNc1cc(N(C)CC2CC2)nc(COC)n1. The fraction of sp³-hybridized carbons (Fsp3) is 0.667. The standard InChI is InChI=1S/C12H20N4O/c1-13-10-6-12(15-11(14-10)8-17-3)16(2)7-9-4-5-9/h6,9H,4-5,7-8H2,1-3H3,(H,13,14,15). The van der Waals surface area contributed by atoms with Crippen molar-refractivity contribution in [1.82, 2.24) is 9.97 Å². The molecule has 2 rings (SSSR count). The maximum Gasteiger partial charge on any atom is 0.158 e. The van der Waals surface area contributed by atoms with Crippen molar-refractivity contribution >= 4 is 11.6 Å². The van der Waals surface area contributed by atoms with Crippen molar-refractivity contribution in [1.29, 1.82) is 0 Å². The molecule has 0 unspecified atom stereocenters. The van der Waals surface area contributed by atoms with E-state index in [9.17, 15) is 0 Å². The van der Waals surface area contributed by atoms with Crippen LogP contribution in [0, 0.1) is 5.92 Å². The molecule has 1 saturated carbocycles. The molecule has 1 aliphatic rings. The summed E-state index contributed by atoms with van der Waals surface area (Å²) in [5.41, 5.74) is 0. The molecule has 0 spiro atoms. The zero-order chi connectivity index (χ0) is 12.3. The minimum Gasteiger partial charge on any atom is -0.377 e. The lowest BCUT2D eigenvalue weighted by Crippen LogP contribution is -2.22. The molecule has 17 heavy (non-hydrogen) atoms. The predicted octanol–water partition coefficient (Wildman–Crippen LogP) is 1.51. The molecule has 5 nitrogen and oxygen atoms in total. The molecule has 1 heterocycles. The molecular formula is C12H20N4O. The molecule has 1 aromatic rings. The number of aromatic nitrogens is 2. The average Bonchev–Trinajstić information content (AvgIpc) is 3.13. The van der Waals surface area contributed by atoms with Crippen molar-refractivity contribution in [3.8, 4) is 0 Å². The van der Waals surface area contributed by atoms with Crippen molar-refractivity contribution in [2.24, 2.45) is 5.92 Å². The van der Waals surface area contributed by atoms with Crippen molar-refractivity contribution in [3.63, 3.8) is 0 Å². The molecule has 1 aromatic heterocycles. The average molecular weight is 236 g/mol. The van der Waals surface area contributed by atoms with Gasteiger partial charge in [-0.25, -0.2) is 9.97 Å². The summed E-state index contributed by atoms with van der Waals surface area (Å²) in [6.07, 6.45) is 2.69. The normalized spacial score (nSPS) is 14.8. The first-order valence-electron chi connectivity index (χ1n) is 5.98. The van der Waals surface area contributed by atoms with Crippen molar-refractivity contribution in [3.05, 3.63) is 11.9 Å². The molecule has 0 atom stereocenters. The van der Waals surface area contributed by atoms with Gasteiger partial charge in [-0.1, -0.05) is 0 Å². The van der Waals surface area contributed by atoms with Crippen LogP contribution in [0.2, 0.25) is 0 Å². The van der Waals surface area contributed by atoms with E-state index in [1.54, 1.807) is 7.11 Å². The van der Waals surface area contributed by atoms with Gasteiger partial charge in [-0.3, -0.25) is 0 Å². The largest absolute Gasteiger partial charge is 0.377 e. The minimum atomic E-state index is 0.444. The molecule has 1 fully saturated rings. The van der Waals surface area contributed by atoms with Crippen LogP contribution in [-0.2, 0) is 11.3 Å². The first-order chi connectivity index (χ1) is 8.22. The van der Waals surface area contributed by atoms with Crippen LogP contribution in [0.4, 0.5) is 11.6 Å². The Balaban J connectivity index is 2.14. The van der Waals surface area contributed by atoms with Crippen LogP contribution < -0.4 is 10.2 Å². The van der Waals surface area contributed by atoms with E-state index in [0.717, 1.165) is 29.9 Å². The Morgan fingerprint density at radius 2 is 2.24 bits per heavy atom. The highest BCUT2D eigenvalue weighted by molar-refractivity contribution is 5.48. The van der Waals surface area contributed by atoms with Gasteiger partial charge in [0.2, 0.25) is 0 Å². The number of methoxy groups -OCH3 is 1. The highest BCUT2D eigenvalue weighted by Crippen LogP contribution is 2.30. The maximum absolute atomic E-state index is 5.08. The van der Waals surface area contributed by atoms with E-state index in [4.69, 9.17) is 4.74 Å². The molecular weight excluding hydrogens is 216 g/mol. The van der Waals surface area contributed by atoms with E-state index in [2.05, 4.69) is 27.2 Å². The van der Waals surface area contributed by atoms with Gasteiger partial charge in [0.1, 0.15) is 18.2 Å². The number of nitrogens with zero attached hydrogens (tertiary/aromatic N) is 3. The van der Waals surface area contributed by atoms with E-state index in [-0.39, 0.29) is 0 Å². The van der Waals surface area contributed by atoms with Gasteiger partial charge >= 0.3 is 0 Å². The number of hydrogen-bond acceptors (Lipinski definition) is 5. The third kappa shape index (κ3) is 3.30. The first kappa shape index (κ1) is 12.1. The number of rotatable bonds is 6. The van der Waals surface area contributed by atoms with Crippen LogP contribution in [0.3, 0.4) is 0 Å². The lowest BCUT2D eigenvalue weighted by molar-refractivity contribution is 0.178. The fourth-order valence-corrected chi connectivity index (χ4v) is 1.78. The van der Waals surface area contributed by atoms with Crippen molar-refractivity contribution in [2.45, 2.75) is 19.4 Å². The zero-order valence-corrected chi connectivity index (χ0v) is 10.7. The number of hydrogen-bond donors (Lipinski definition) is 1. The summed E-state index contributed by atoms with van der Waals surface area (Å²) in [5.74, 6) is 3.36. The van der Waals surface area contributed by atoms with E-state index in [1.165, 1.54) is 12.8 Å². The summed E-state index contributed by atoms with van der Waals surface area (Å²) < 4.78 is 5.08. The lowest BCUT2D eigenvalue weighted by Gasteiger charge is -2.19. The summed E-state index contributed by atoms with van der Waals surface area (Å²) in [5, 5.41) is 3.06. The van der Waals surface area contributed by atoms with E-state index in [1.807, 2.05) is 13.1 Å². The lowest BCUT2D eigenvalue weighted by atomic mass is 10.3. The Morgan fingerprint density at radius 3 is 2.82 bits per heavy atom. The molecule has 94 valence electrons. The van der Waals surface area contributed by atoms with E-state index >= 15 is 0 Å². The molecule has 0 saturated heterocycles. The van der Waals surface area contributed by atoms with Crippen LogP contribution in [0.5, 0.6) is 0 Å². The Labute approximate surface area is 102 Å². The summed E-state index contributed by atoms with van der Waals surface area (Å²) in [6.45, 7) is 1.52. The van der Waals surface area contributed by atoms with Crippen LogP contribution in [0.1, 0.15) is 18.7 Å². The van der Waals surface area contributed by atoms with Crippen molar-refractivity contribution < 1.29 is 4.74 Å². The van der Waals surface area contributed by atoms with Crippen molar-refractivity contribution in [2.75, 3.05) is 38.0 Å². The van der Waals surface area contributed by atoms with Gasteiger partial charge in [-0.05, 0) is 18.8 Å². The Hall–Kier alpha value is -1.36.